The van der Waals surface area contributed by atoms with Crippen LogP contribution >= 0.6 is 0 Å². The van der Waals surface area contributed by atoms with E-state index in [9.17, 15) is 9.50 Å². The lowest BCUT2D eigenvalue weighted by Gasteiger charge is -2.12. The fourth-order valence-corrected chi connectivity index (χ4v) is 2.81. The molecule has 0 radical (unpaired) electrons. The zero-order valence-electron chi connectivity index (χ0n) is 15.1. The molecule has 0 spiro atoms. The summed E-state index contributed by atoms with van der Waals surface area (Å²) in [7, 11) is 0. The number of benzene rings is 2. The van der Waals surface area contributed by atoms with Gasteiger partial charge in [0.1, 0.15) is 11.6 Å². The van der Waals surface area contributed by atoms with Crippen molar-refractivity contribution in [1.82, 2.24) is 15.0 Å². The van der Waals surface area contributed by atoms with Crippen molar-refractivity contribution in [2.75, 3.05) is 5.32 Å². The van der Waals surface area contributed by atoms with Crippen LogP contribution in [0, 0.1) is 11.2 Å². The molecule has 0 unspecified atom stereocenters. The van der Waals surface area contributed by atoms with Gasteiger partial charge in [-0.1, -0.05) is 18.2 Å². The molecule has 2 aromatic carbocycles. The molecule has 0 atom stereocenters. The van der Waals surface area contributed by atoms with Crippen LogP contribution in [0.1, 0.15) is 11.1 Å². The summed E-state index contributed by atoms with van der Waals surface area (Å²) in [6.45, 7) is 0.280. The largest absolute Gasteiger partial charge is 0.493 e. The third kappa shape index (κ3) is 3.96. The van der Waals surface area contributed by atoms with Crippen LogP contribution in [0.2, 0.25) is 0 Å². The van der Waals surface area contributed by atoms with E-state index in [1.54, 1.807) is 42.5 Å². The van der Waals surface area contributed by atoms with Crippen molar-refractivity contribution in [3.8, 4) is 17.6 Å². The maximum Gasteiger partial charge on any atom is 0.325 e. The number of rotatable bonds is 6. The van der Waals surface area contributed by atoms with Crippen molar-refractivity contribution < 1.29 is 14.2 Å². The van der Waals surface area contributed by atoms with Crippen LogP contribution in [-0.4, -0.2) is 26.3 Å². The number of hydrogen-bond acceptors (Lipinski definition) is 7. The Bertz CT molecular complexity index is 1200. The molecule has 0 bridgehead atoms. The van der Waals surface area contributed by atoms with Gasteiger partial charge in [0, 0.05) is 35.8 Å². The van der Waals surface area contributed by atoms with E-state index in [4.69, 9.17) is 10.1 Å². The molecule has 0 aliphatic rings. The average Bonchev–Trinajstić information content (AvgIpc) is 2.74. The second-order valence-corrected chi connectivity index (χ2v) is 6.16. The maximum absolute atomic E-state index is 13.8. The van der Waals surface area contributed by atoms with Gasteiger partial charge in [0.15, 0.2) is 0 Å². The molecule has 0 fully saturated rings. The Morgan fingerprint density at radius 1 is 1.14 bits per heavy atom. The van der Waals surface area contributed by atoms with Crippen molar-refractivity contribution >= 4 is 22.8 Å². The van der Waals surface area contributed by atoms with Gasteiger partial charge in [-0.2, -0.15) is 9.97 Å². The first-order chi connectivity index (χ1) is 14.1. The number of aromatic nitrogens is 3. The Morgan fingerprint density at radius 3 is 2.83 bits per heavy atom. The smallest absolute Gasteiger partial charge is 0.325 e. The van der Waals surface area contributed by atoms with Gasteiger partial charge in [-0.15, -0.1) is 0 Å². The molecule has 29 heavy (non-hydrogen) atoms. The summed E-state index contributed by atoms with van der Waals surface area (Å²) in [5, 5.41) is 21.3. The molecule has 3 N–H and O–H groups in total. The lowest BCUT2D eigenvalue weighted by Crippen LogP contribution is -2.04. The molecule has 0 saturated carbocycles. The van der Waals surface area contributed by atoms with E-state index in [1.165, 1.54) is 24.7 Å². The number of nitrogens with zero attached hydrogens (tertiary/aromatic N) is 3. The number of ether oxygens (including phenoxy) is 1. The Balaban J connectivity index is 1.55. The van der Waals surface area contributed by atoms with Gasteiger partial charge in [0.05, 0.1) is 17.1 Å². The fourth-order valence-electron chi connectivity index (χ4n) is 2.81. The van der Waals surface area contributed by atoms with Crippen molar-refractivity contribution in [2.24, 2.45) is 0 Å². The minimum atomic E-state index is -0.292. The Hall–Kier alpha value is -4.07. The Labute approximate surface area is 165 Å². The van der Waals surface area contributed by atoms with Crippen molar-refractivity contribution in [1.29, 1.82) is 5.41 Å². The standard InChI is InChI=1S/C21H16FN5O2/c22-17-4-2-1-3-13(17)11-25-18-6-5-15(9-14(18)10-23)29-21-26-19-12-24-8-7-16(19)20(28)27-21/h1-10,12,23,25H,11H2,(H,26,27,28). The SMILES string of the molecule is N=Cc1cc(Oc2nc(O)c3ccncc3n2)ccc1NCc1ccccc1F. The molecule has 0 amide bonds. The van der Waals surface area contributed by atoms with E-state index in [-0.39, 0.29) is 24.3 Å². The monoisotopic (exact) mass is 389 g/mol. The molecule has 4 aromatic rings. The molecule has 8 heteroatoms. The third-order valence-electron chi connectivity index (χ3n) is 4.27. The van der Waals surface area contributed by atoms with E-state index in [2.05, 4.69) is 20.3 Å². The molecule has 144 valence electrons. The van der Waals surface area contributed by atoms with Gasteiger partial charge in [-0.3, -0.25) is 4.98 Å². The summed E-state index contributed by atoms with van der Waals surface area (Å²) in [6.07, 6.45) is 4.21. The Morgan fingerprint density at radius 2 is 2.00 bits per heavy atom. The van der Waals surface area contributed by atoms with Crippen LogP contribution in [0.5, 0.6) is 17.6 Å². The highest BCUT2D eigenvalue weighted by atomic mass is 19.1. The number of anilines is 1. The zero-order chi connectivity index (χ0) is 20.2. The van der Waals surface area contributed by atoms with Gasteiger partial charge in [-0.25, -0.2) is 4.39 Å². The molecule has 0 aliphatic carbocycles. The molecule has 7 nitrogen and oxygen atoms in total. The van der Waals surface area contributed by atoms with E-state index in [1.807, 2.05) is 0 Å². The summed E-state index contributed by atoms with van der Waals surface area (Å²) in [5.74, 6) is -0.107. The fraction of sp³-hybridized carbons (Fsp3) is 0.0476. The second-order valence-electron chi connectivity index (χ2n) is 6.16. The number of halogens is 1. The highest BCUT2D eigenvalue weighted by Crippen LogP contribution is 2.28. The minimum absolute atomic E-state index is 0.0361. The van der Waals surface area contributed by atoms with Crippen LogP contribution in [0.3, 0.4) is 0 Å². The van der Waals surface area contributed by atoms with Crippen LogP contribution in [0.15, 0.2) is 60.9 Å². The number of pyridine rings is 1. The molecular weight excluding hydrogens is 373 g/mol. The van der Waals surface area contributed by atoms with Crippen LogP contribution in [0.25, 0.3) is 10.9 Å². The topological polar surface area (TPSA) is 104 Å². The summed E-state index contributed by atoms with van der Waals surface area (Å²) in [5.41, 5.74) is 2.18. The predicted octanol–water partition coefficient (Wildman–Crippen LogP) is 4.27. The first-order valence-corrected chi connectivity index (χ1v) is 8.74. The molecular formula is C21H16FN5O2. The highest BCUT2D eigenvalue weighted by Gasteiger charge is 2.10. The first-order valence-electron chi connectivity index (χ1n) is 8.74. The molecule has 2 aromatic heterocycles. The first kappa shape index (κ1) is 18.3. The van der Waals surface area contributed by atoms with Gasteiger partial charge in [0.2, 0.25) is 5.88 Å². The quantitative estimate of drug-likeness (QED) is 0.426. The van der Waals surface area contributed by atoms with Crippen molar-refractivity contribution in [2.45, 2.75) is 6.54 Å². The summed E-state index contributed by atoms with van der Waals surface area (Å²) >= 11 is 0. The zero-order valence-corrected chi connectivity index (χ0v) is 15.1. The number of nitrogens with one attached hydrogen (secondary N) is 2. The second kappa shape index (κ2) is 7.89. The highest BCUT2D eigenvalue weighted by molar-refractivity contribution is 5.86. The molecule has 4 rings (SSSR count). The summed E-state index contributed by atoms with van der Waals surface area (Å²) in [4.78, 5) is 12.1. The lowest BCUT2D eigenvalue weighted by atomic mass is 10.1. The normalized spacial score (nSPS) is 10.7. The molecule has 2 heterocycles. The van der Waals surface area contributed by atoms with E-state index in [0.29, 0.717) is 33.5 Å². The van der Waals surface area contributed by atoms with Crippen molar-refractivity contribution in [3.63, 3.8) is 0 Å². The van der Waals surface area contributed by atoms with Crippen molar-refractivity contribution in [3.05, 3.63) is 77.9 Å². The molecule has 0 saturated heterocycles. The van der Waals surface area contributed by atoms with Gasteiger partial charge < -0.3 is 20.6 Å². The third-order valence-corrected chi connectivity index (χ3v) is 4.27. The Kier molecular flexibility index (Phi) is 4.98. The van der Waals surface area contributed by atoms with E-state index in [0.717, 1.165) is 0 Å². The molecule has 0 aliphatic heterocycles. The van der Waals surface area contributed by atoms with Crippen LogP contribution < -0.4 is 10.1 Å². The predicted molar refractivity (Wildman–Crippen MR) is 107 cm³/mol. The summed E-state index contributed by atoms with van der Waals surface area (Å²) in [6, 6.07) is 13.1. The maximum atomic E-state index is 13.8. The number of hydrogen-bond donors (Lipinski definition) is 3. The lowest BCUT2D eigenvalue weighted by molar-refractivity contribution is 0.412. The van der Waals surface area contributed by atoms with Crippen LogP contribution in [0.4, 0.5) is 10.1 Å². The summed E-state index contributed by atoms with van der Waals surface area (Å²) < 4.78 is 19.4. The average molecular weight is 389 g/mol. The van der Waals surface area contributed by atoms with E-state index >= 15 is 0 Å². The van der Waals surface area contributed by atoms with Gasteiger partial charge in [-0.05, 0) is 30.3 Å². The van der Waals surface area contributed by atoms with Gasteiger partial charge in [0.25, 0.3) is 0 Å². The van der Waals surface area contributed by atoms with E-state index < -0.39 is 0 Å². The number of fused-ring (bicyclic) bond motifs is 1. The minimum Gasteiger partial charge on any atom is -0.493 e. The number of aromatic hydroxyl groups is 1. The van der Waals surface area contributed by atoms with Crippen LogP contribution in [-0.2, 0) is 6.54 Å². The van der Waals surface area contributed by atoms with Gasteiger partial charge >= 0.3 is 6.01 Å².